The normalized spacial score (nSPS) is 20.3. The number of anilines is 2. The number of nitrogens with zero attached hydrogens (tertiary/aromatic N) is 1. The monoisotopic (exact) mass is 316 g/mol. The zero-order chi connectivity index (χ0) is 16.0. The van der Waals surface area contributed by atoms with Crippen molar-refractivity contribution in [2.45, 2.75) is 10.7 Å². The second-order valence-corrected chi connectivity index (χ2v) is 7.27. The largest absolute Gasteiger partial charge is 0.398 e. The molecule has 1 aliphatic rings. The lowest BCUT2D eigenvalue weighted by atomic mass is 10.0. The Balaban J connectivity index is 2.07. The molecule has 2 aromatic carbocycles. The van der Waals surface area contributed by atoms with Crippen LogP contribution in [0.4, 0.5) is 11.4 Å². The Hall–Kier alpha value is -2.38. The van der Waals surface area contributed by atoms with Crippen LogP contribution in [-0.4, -0.2) is 20.9 Å². The van der Waals surface area contributed by atoms with Gasteiger partial charge in [0.15, 0.2) is 9.84 Å². The summed E-state index contributed by atoms with van der Waals surface area (Å²) in [5, 5.41) is 3.11. The van der Waals surface area contributed by atoms with Crippen LogP contribution in [0.5, 0.6) is 0 Å². The number of sulfone groups is 1. The van der Waals surface area contributed by atoms with Crippen molar-refractivity contribution >= 4 is 27.4 Å². The minimum Gasteiger partial charge on any atom is -0.398 e. The van der Waals surface area contributed by atoms with E-state index in [0.29, 0.717) is 11.3 Å². The van der Waals surface area contributed by atoms with Crippen molar-refractivity contribution in [3.05, 3.63) is 53.6 Å². The number of hydrogen-bond donors (Lipinski definition) is 3. The summed E-state index contributed by atoms with van der Waals surface area (Å²) in [4.78, 5) is 4.52. The lowest BCUT2D eigenvalue weighted by molar-refractivity contribution is 0.539. The Labute approximate surface area is 128 Å². The van der Waals surface area contributed by atoms with Gasteiger partial charge < -0.3 is 11.1 Å². The van der Waals surface area contributed by atoms with Crippen molar-refractivity contribution in [1.82, 2.24) is 0 Å². The van der Waals surface area contributed by atoms with E-state index in [4.69, 9.17) is 11.5 Å². The van der Waals surface area contributed by atoms with Crippen molar-refractivity contribution in [1.29, 1.82) is 0 Å². The summed E-state index contributed by atoms with van der Waals surface area (Å²) < 4.78 is 23.4. The van der Waals surface area contributed by atoms with Gasteiger partial charge in [0.05, 0.1) is 4.90 Å². The van der Waals surface area contributed by atoms with Gasteiger partial charge in [-0.05, 0) is 24.3 Å². The standard InChI is InChI=1S/C15H16N4O2S/c1-22(20,21)11-5-2-4-10(8-11)15(17)18-9-12-13(16)6-3-7-14(12)19-15/h2-9,19H,16-17H2,1H3. The highest BCUT2D eigenvalue weighted by molar-refractivity contribution is 7.90. The molecule has 1 heterocycles. The number of hydrogen-bond acceptors (Lipinski definition) is 6. The second kappa shape index (κ2) is 4.82. The summed E-state index contributed by atoms with van der Waals surface area (Å²) in [5.41, 5.74) is 14.9. The molecule has 0 spiro atoms. The van der Waals surface area contributed by atoms with Crippen molar-refractivity contribution < 1.29 is 8.42 Å². The van der Waals surface area contributed by atoms with Crippen LogP contribution in [0.2, 0.25) is 0 Å². The number of nitrogens with two attached hydrogens (primary N) is 2. The summed E-state index contributed by atoms with van der Waals surface area (Å²) in [5.74, 6) is -1.23. The third-order valence-corrected chi connectivity index (χ3v) is 4.67. The first-order valence-electron chi connectivity index (χ1n) is 6.61. The summed E-state index contributed by atoms with van der Waals surface area (Å²) in [7, 11) is -3.31. The molecule has 1 unspecified atom stereocenters. The van der Waals surface area contributed by atoms with Crippen molar-refractivity contribution in [2.24, 2.45) is 10.7 Å². The molecule has 0 amide bonds. The van der Waals surface area contributed by atoms with Gasteiger partial charge in [0.1, 0.15) is 0 Å². The summed E-state index contributed by atoms with van der Waals surface area (Å²) >= 11 is 0. The molecule has 0 radical (unpaired) electrons. The van der Waals surface area contributed by atoms with E-state index >= 15 is 0 Å². The first-order chi connectivity index (χ1) is 10.3. The van der Waals surface area contributed by atoms with Crippen LogP contribution >= 0.6 is 0 Å². The highest BCUT2D eigenvalue weighted by Crippen LogP contribution is 2.32. The number of aliphatic imine (C=N–C) groups is 1. The Kier molecular flexibility index (Phi) is 3.19. The predicted octanol–water partition coefficient (Wildman–Crippen LogP) is 1.29. The minimum atomic E-state index is -3.31. The summed E-state index contributed by atoms with van der Waals surface area (Å²) in [6.07, 6.45) is 2.76. The lowest BCUT2D eigenvalue weighted by Gasteiger charge is -2.32. The third-order valence-electron chi connectivity index (χ3n) is 3.56. The van der Waals surface area contributed by atoms with Crippen molar-refractivity contribution in [2.75, 3.05) is 17.3 Å². The summed E-state index contributed by atoms with van der Waals surface area (Å²) in [6.45, 7) is 0. The molecule has 6 nitrogen and oxygen atoms in total. The zero-order valence-electron chi connectivity index (χ0n) is 11.9. The molecule has 1 aliphatic heterocycles. The van der Waals surface area contributed by atoms with E-state index in [1.807, 2.05) is 12.1 Å². The van der Waals surface area contributed by atoms with Crippen LogP contribution in [0.25, 0.3) is 0 Å². The fourth-order valence-corrected chi connectivity index (χ4v) is 3.02. The van der Waals surface area contributed by atoms with Gasteiger partial charge in [-0.1, -0.05) is 18.2 Å². The average molecular weight is 316 g/mol. The van der Waals surface area contributed by atoms with Crippen LogP contribution in [0, 0.1) is 0 Å². The first-order valence-corrected chi connectivity index (χ1v) is 8.50. The van der Waals surface area contributed by atoms with E-state index in [-0.39, 0.29) is 4.90 Å². The average Bonchev–Trinajstić information content (AvgIpc) is 2.46. The molecule has 0 saturated heterocycles. The minimum absolute atomic E-state index is 0.199. The summed E-state index contributed by atoms with van der Waals surface area (Å²) in [6, 6.07) is 11.9. The maximum Gasteiger partial charge on any atom is 0.209 e. The maximum absolute atomic E-state index is 11.7. The van der Waals surface area contributed by atoms with Crippen LogP contribution in [0.3, 0.4) is 0 Å². The number of benzene rings is 2. The van der Waals surface area contributed by atoms with Crippen molar-refractivity contribution in [3.8, 4) is 0 Å². The molecular formula is C15H16N4O2S. The van der Waals surface area contributed by atoms with Gasteiger partial charge in [0.2, 0.25) is 5.79 Å². The van der Waals surface area contributed by atoms with E-state index in [1.54, 1.807) is 24.4 Å². The fourth-order valence-electron chi connectivity index (χ4n) is 2.35. The molecule has 1 atom stereocenters. The van der Waals surface area contributed by atoms with E-state index in [9.17, 15) is 8.42 Å². The smallest absolute Gasteiger partial charge is 0.209 e. The molecule has 2 aromatic rings. The topological polar surface area (TPSA) is 111 Å². The fraction of sp³-hybridized carbons (Fsp3) is 0.133. The van der Waals surface area contributed by atoms with E-state index in [1.165, 1.54) is 12.1 Å². The van der Waals surface area contributed by atoms with Gasteiger partial charge in [0, 0.05) is 35.0 Å². The zero-order valence-corrected chi connectivity index (χ0v) is 12.8. The molecule has 0 aromatic heterocycles. The van der Waals surface area contributed by atoms with Gasteiger partial charge in [-0.15, -0.1) is 0 Å². The highest BCUT2D eigenvalue weighted by Gasteiger charge is 2.30. The number of fused-ring (bicyclic) bond motifs is 1. The molecule has 7 heteroatoms. The van der Waals surface area contributed by atoms with Crippen LogP contribution in [0.1, 0.15) is 11.1 Å². The Morgan fingerprint density at radius 2 is 1.91 bits per heavy atom. The molecule has 3 rings (SSSR count). The molecular weight excluding hydrogens is 300 g/mol. The van der Waals surface area contributed by atoms with E-state index in [2.05, 4.69) is 10.3 Å². The van der Waals surface area contributed by atoms with Crippen molar-refractivity contribution in [3.63, 3.8) is 0 Å². The SMILES string of the molecule is CS(=O)(=O)c1cccc(C2(N)N=Cc3c(N)cccc3N2)c1. The van der Waals surface area contributed by atoms with Crippen LogP contribution < -0.4 is 16.8 Å². The van der Waals surface area contributed by atoms with Crippen LogP contribution in [-0.2, 0) is 15.6 Å². The molecule has 0 aliphatic carbocycles. The molecule has 0 fully saturated rings. The van der Waals surface area contributed by atoms with Gasteiger partial charge in [-0.3, -0.25) is 5.73 Å². The molecule has 0 bridgehead atoms. The molecule has 114 valence electrons. The maximum atomic E-state index is 11.7. The quantitative estimate of drug-likeness (QED) is 0.723. The van der Waals surface area contributed by atoms with Gasteiger partial charge in [0.25, 0.3) is 0 Å². The predicted molar refractivity (Wildman–Crippen MR) is 87.5 cm³/mol. The molecule has 5 N–H and O–H groups in total. The highest BCUT2D eigenvalue weighted by atomic mass is 32.2. The Bertz CT molecular complexity index is 877. The third kappa shape index (κ3) is 2.44. The lowest BCUT2D eigenvalue weighted by Crippen LogP contribution is -2.45. The number of nitrogen functional groups attached to an aromatic ring is 1. The molecule has 0 saturated carbocycles. The molecule has 22 heavy (non-hydrogen) atoms. The number of nitrogens with one attached hydrogen (secondary N) is 1. The van der Waals surface area contributed by atoms with E-state index in [0.717, 1.165) is 17.5 Å². The second-order valence-electron chi connectivity index (χ2n) is 5.26. The Morgan fingerprint density at radius 3 is 2.64 bits per heavy atom. The van der Waals surface area contributed by atoms with Gasteiger partial charge >= 0.3 is 0 Å². The van der Waals surface area contributed by atoms with Gasteiger partial charge in [-0.2, -0.15) is 0 Å². The van der Waals surface area contributed by atoms with Gasteiger partial charge in [-0.25, -0.2) is 13.4 Å². The van der Waals surface area contributed by atoms with Crippen LogP contribution in [0.15, 0.2) is 52.4 Å². The Morgan fingerprint density at radius 1 is 1.18 bits per heavy atom. The number of rotatable bonds is 2. The first kappa shape index (κ1) is 14.6. The van der Waals surface area contributed by atoms with E-state index < -0.39 is 15.6 Å².